The molecule has 1 amide bonds. The first-order valence-electron chi connectivity index (χ1n) is 7.65. The molecule has 0 aliphatic heterocycles. The van der Waals surface area contributed by atoms with Gasteiger partial charge in [-0.3, -0.25) is 9.78 Å². The summed E-state index contributed by atoms with van der Waals surface area (Å²) in [7, 11) is 1.58. The number of nitrogens with one attached hydrogen (secondary N) is 1. The highest BCUT2D eigenvalue weighted by molar-refractivity contribution is 5.94. The van der Waals surface area contributed by atoms with Gasteiger partial charge in [0.05, 0.1) is 0 Å². The molecule has 0 aliphatic rings. The molecule has 4 heteroatoms. The van der Waals surface area contributed by atoms with E-state index in [0.29, 0.717) is 5.56 Å². The number of carbonyl (C=O) groups is 1. The van der Waals surface area contributed by atoms with Crippen molar-refractivity contribution < 1.29 is 9.53 Å². The SMILES string of the molecule is COC(NC(=O)c1ccccc1)(c1ccccc1)c1ccncc1. The van der Waals surface area contributed by atoms with Gasteiger partial charge in [-0.15, -0.1) is 0 Å². The minimum Gasteiger partial charge on any atom is -0.351 e. The number of methoxy groups -OCH3 is 1. The fraction of sp³-hybridized carbons (Fsp3) is 0.100. The van der Waals surface area contributed by atoms with Crippen LogP contribution >= 0.6 is 0 Å². The molecular formula is C20H18N2O2. The molecule has 3 rings (SSSR count). The lowest BCUT2D eigenvalue weighted by molar-refractivity contribution is -0.00503. The van der Waals surface area contributed by atoms with E-state index in [2.05, 4.69) is 10.3 Å². The zero-order chi connectivity index (χ0) is 16.8. The Hall–Kier alpha value is -2.98. The molecule has 3 aromatic rings. The second-order valence-electron chi connectivity index (χ2n) is 5.31. The third-order valence-corrected chi connectivity index (χ3v) is 3.90. The molecule has 120 valence electrons. The van der Waals surface area contributed by atoms with Crippen LogP contribution < -0.4 is 5.32 Å². The van der Waals surface area contributed by atoms with Crippen molar-refractivity contribution in [1.29, 1.82) is 0 Å². The minimum atomic E-state index is -1.09. The van der Waals surface area contributed by atoms with E-state index in [4.69, 9.17) is 4.74 Å². The van der Waals surface area contributed by atoms with Gasteiger partial charge in [0, 0.05) is 36.2 Å². The van der Waals surface area contributed by atoms with Crippen LogP contribution in [-0.4, -0.2) is 18.0 Å². The summed E-state index contributed by atoms with van der Waals surface area (Å²) in [5, 5.41) is 3.04. The van der Waals surface area contributed by atoms with Crippen molar-refractivity contribution in [1.82, 2.24) is 10.3 Å². The molecule has 1 aromatic heterocycles. The highest BCUT2D eigenvalue weighted by atomic mass is 16.5. The van der Waals surface area contributed by atoms with Crippen molar-refractivity contribution in [2.75, 3.05) is 7.11 Å². The standard InChI is InChI=1S/C20H18N2O2/c1-24-20(17-10-6-3-7-11-17,18-12-14-21-15-13-18)22-19(23)16-8-4-2-5-9-16/h2-15H,1H3,(H,22,23). The van der Waals surface area contributed by atoms with Crippen LogP contribution in [0.1, 0.15) is 21.5 Å². The van der Waals surface area contributed by atoms with Crippen LogP contribution in [0, 0.1) is 0 Å². The van der Waals surface area contributed by atoms with Crippen LogP contribution in [0.2, 0.25) is 0 Å². The number of carbonyl (C=O) groups excluding carboxylic acids is 1. The minimum absolute atomic E-state index is 0.210. The van der Waals surface area contributed by atoms with Gasteiger partial charge in [-0.2, -0.15) is 0 Å². The number of aromatic nitrogens is 1. The van der Waals surface area contributed by atoms with Gasteiger partial charge in [-0.25, -0.2) is 0 Å². The number of benzene rings is 2. The van der Waals surface area contributed by atoms with Gasteiger partial charge in [0.2, 0.25) is 0 Å². The number of ether oxygens (including phenoxy) is 1. The monoisotopic (exact) mass is 318 g/mol. The number of pyridine rings is 1. The lowest BCUT2D eigenvalue weighted by Gasteiger charge is -2.34. The largest absolute Gasteiger partial charge is 0.351 e. The summed E-state index contributed by atoms with van der Waals surface area (Å²) in [5.41, 5.74) is 1.12. The number of amides is 1. The van der Waals surface area contributed by atoms with E-state index in [0.717, 1.165) is 11.1 Å². The lowest BCUT2D eigenvalue weighted by atomic mass is 9.94. The Morgan fingerprint density at radius 1 is 0.875 bits per heavy atom. The van der Waals surface area contributed by atoms with E-state index in [1.807, 2.05) is 60.7 Å². The Bertz CT molecular complexity index is 750. The maximum atomic E-state index is 12.8. The third kappa shape index (κ3) is 3.05. The van der Waals surface area contributed by atoms with Crippen molar-refractivity contribution in [2.45, 2.75) is 5.72 Å². The predicted octanol–water partition coefficient (Wildman–Crippen LogP) is 3.36. The summed E-state index contributed by atoms with van der Waals surface area (Å²) in [5.74, 6) is -0.210. The number of nitrogens with zero attached hydrogens (tertiary/aromatic N) is 1. The fourth-order valence-corrected chi connectivity index (χ4v) is 2.68. The average Bonchev–Trinajstić information content (AvgIpc) is 2.68. The van der Waals surface area contributed by atoms with E-state index < -0.39 is 5.72 Å². The molecular weight excluding hydrogens is 300 g/mol. The topological polar surface area (TPSA) is 51.2 Å². The number of hydrogen-bond donors (Lipinski definition) is 1. The fourth-order valence-electron chi connectivity index (χ4n) is 2.68. The van der Waals surface area contributed by atoms with Gasteiger partial charge < -0.3 is 10.1 Å². The van der Waals surface area contributed by atoms with Gasteiger partial charge in [0.25, 0.3) is 5.91 Å². The quantitative estimate of drug-likeness (QED) is 0.734. The van der Waals surface area contributed by atoms with Crippen LogP contribution in [0.5, 0.6) is 0 Å². The second-order valence-corrected chi connectivity index (χ2v) is 5.31. The maximum absolute atomic E-state index is 12.8. The summed E-state index contributed by atoms with van der Waals surface area (Å²) in [6.07, 6.45) is 3.36. The molecule has 2 aromatic carbocycles. The Morgan fingerprint density at radius 2 is 1.42 bits per heavy atom. The molecule has 1 N–H and O–H groups in total. The first kappa shape index (κ1) is 15.9. The Morgan fingerprint density at radius 3 is 2.00 bits per heavy atom. The van der Waals surface area contributed by atoms with Crippen molar-refractivity contribution in [3.8, 4) is 0 Å². The first-order chi connectivity index (χ1) is 11.8. The number of rotatable bonds is 5. The summed E-state index contributed by atoms with van der Waals surface area (Å²) in [6.45, 7) is 0. The molecule has 1 atom stereocenters. The van der Waals surface area contributed by atoms with Gasteiger partial charge >= 0.3 is 0 Å². The molecule has 0 radical (unpaired) electrons. The van der Waals surface area contributed by atoms with E-state index in [1.54, 1.807) is 31.6 Å². The van der Waals surface area contributed by atoms with Crippen LogP contribution in [0.25, 0.3) is 0 Å². The smallest absolute Gasteiger partial charge is 0.254 e. The van der Waals surface area contributed by atoms with Gasteiger partial charge in [0.1, 0.15) is 0 Å². The van der Waals surface area contributed by atoms with Crippen molar-refractivity contribution >= 4 is 5.91 Å². The van der Waals surface area contributed by atoms with Crippen molar-refractivity contribution in [2.24, 2.45) is 0 Å². The molecule has 1 unspecified atom stereocenters. The molecule has 0 fully saturated rings. The molecule has 0 bridgehead atoms. The second kappa shape index (κ2) is 7.06. The van der Waals surface area contributed by atoms with Crippen LogP contribution in [0.15, 0.2) is 85.2 Å². The highest BCUT2D eigenvalue weighted by Gasteiger charge is 2.36. The summed E-state index contributed by atoms with van der Waals surface area (Å²) in [6, 6.07) is 22.4. The van der Waals surface area contributed by atoms with E-state index in [-0.39, 0.29) is 5.91 Å². The normalized spacial score (nSPS) is 13.0. The van der Waals surface area contributed by atoms with Crippen LogP contribution in [0.4, 0.5) is 0 Å². The van der Waals surface area contributed by atoms with Gasteiger partial charge in [-0.1, -0.05) is 48.5 Å². The molecule has 0 spiro atoms. The van der Waals surface area contributed by atoms with Crippen LogP contribution in [-0.2, 0) is 10.5 Å². The van der Waals surface area contributed by atoms with E-state index >= 15 is 0 Å². The van der Waals surface area contributed by atoms with Gasteiger partial charge in [0.15, 0.2) is 5.72 Å². The molecule has 0 saturated carbocycles. The van der Waals surface area contributed by atoms with Crippen molar-refractivity contribution in [3.05, 3.63) is 102 Å². The average molecular weight is 318 g/mol. The Kier molecular flexibility index (Phi) is 4.68. The van der Waals surface area contributed by atoms with Crippen molar-refractivity contribution in [3.63, 3.8) is 0 Å². The highest BCUT2D eigenvalue weighted by Crippen LogP contribution is 2.30. The van der Waals surface area contributed by atoms with Crippen LogP contribution in [0.3, 0.4) is 0 Å². The maximum Gasteiger partial charge on any atom is 0.254 e. The van der Waals surface area contributed by atoms with E-state index in [1.165, 1.54) is 0 Å². The zero-order valence-electron chi connectivity index (χ0n) is 13.3. The summed E-state index contributed by atoms with van der Waals surface area (Å²) >= 11 is 0. The Labute approximate surface area is 141 Å². The molecule has 0 saturated heterocycles. The molecule has 4 nitrogen and oxygen atoms in total. The summed E-state index contributed by atoms with van der Waals surface area (Å²) < 4.78 is 5.84. The Balaban J connectivity index is 2.07. The first-order valence-corrected chi connectivity index (χ1v) is 7.65. The lowest BCUT2D eigenvalue weighted by Crippen LogP contribution is -2.48. The molecule has 1 heterocycles. The zero-order valence-corrected chi connectivity index (χ0v) is 13.3. The van der Waals surface area contributed by atoms with Gasteiger partial charge in [-0.05, 0) is 24.3 Å². The summed E-state index contributed by atoms with van der Waals surface area (Å²) in [4.78, 5) is 16.8. The molecule has 24 heavy (non-hydrogen) atoms. The van der Waals surface area contributed by atoms with E-state index in [9.17, 15) is 4.79 Å². The number of hydrogen-bond acceptors (Lipinski definition) is 3. The predicted molar refractivity (Wildman–Crippen MR) is 92.4 cm³/mol. The third-order valence-electron chi connectivity index (χ3n) is 3.90. The molecule has 0 aliphatic carbocycles.